The van der Waals surface area contributed by atoms with E-state index in [4.69, 9.17) is 15.2 Å². The molecule has 0 spiro atoms. The number of hydrogen-bond donors (Lipinski definition) is 1. The Bertz CT molecular complexity index is 492. The molecule has 1 aromatic rings. The van der Waals surface area contributed by atoms with Crippen LogP contribution in [-0.4, -0.2) is 44.9 Å². The van der Waals surface area contributed by atoms with Crippen LogP contribution in [0, 0.1) is 5.92 Å². The van der Waals surface area contributed by atoms with Crippen molar-refractivity contribution in [1.82, 2.24) is 4.90 Å². The molecule has 0 radical (unpaired) electrons. The predicted octanol–water partition coefficient (Wildman–Crippen LogP) is 1.98. The molecule has 1 aliphatic carbocycles. The second-order valence-electron chi connectivity index (χ2n) is 6.30. The lowest BCUT2D eigenvalue weighted by atomic mass is 9.83. The number of nitrogens with two attached hydrogens (primary N) is 1. The summed E-state index contributed by atoms with van der Waals surface area (Å²) in [5.74, 6) is 1.57. The molecule has 21 heavy (non-hydrogen) atoms. The SMILES string of the molecule is COCC1CCN(C2CCc3ccc(OC)cc3C2N)C1. The summed E-state index contributed by atoms with van der Waals surface area (Å²) in [7, 11) is 3.50. The third kappa shape index (κ3) is 2.93. The third-order valence-corrected chi connectivity index (χ3v) is 5.02. The summed E-state index contributed by atoms with van der Waals surface area (Å²) < 4.78 is 10.7. The van der Waals surface area contributed by atoms with Crippen molar-refractivity contribution in [2.24, 2.45) is 11.7 Å². The average molecular weight is 290 g/mol. The topological polar surface area (TPSA) is 47.7 Å². The van der Waals surface area contributed by atoms with Gasteiger partial charge in [0.05, 0.1) is 13.7 Å². The van der Waals surface area contributed by atoms with E-state index < -0.39 is 0 Å². The minimum Gasteiger partial charge on any atom is -0.497 e. The maximum Gasteiger partial charge on any atom is 0.119 e. The molecule has 0 saturated carbocycles. The standard InChI is InChI=1S/C17H26N2O2/c1-20-11-12-7-8-19(10-12)16-6-4-13-3-5-14(21-2)9-15(13)17(16)18/h3,5,9,12,16-17H,4,6-8,10-11,18H2,1-2H3. The van der Waals surface area contributed by atoms with Crippen LogP contribution < -0.4 is 10.5 Å². The number of nitrogens with zero attached hydrogens (tertiary/aromatic N) is 1. The van der Waals surface area contributed by atoms with Crippen molar-refractivity contribution in [1.29, 1.82) is 0 Å². The van der Waals surface area contributed by atoms with Crippen molar-refractivity contribution >= 4 is 0 Å². The Morgan fingerprint density at radius 3 is 2.90 bits per heavy atom. The third-order valence-electron chi connectivity index (χ3n) is 5.02. The molecule has 1 fully saturated rings. The molecule has 4 nitrogen and oxygen atoms in total. The molecule has 0 bridgehead atoms. The fourth-order valence-corrected chi connectivity index (χ4v) is 3.87. The van der Waals surface area contributed by atoms with Gasteiger partial charge in [0.2, 0.25) is 0 Å². The molecule has 3 unspecified atom stereocenters. The maximum atomic E-state index is 6.58. The lowest BCUT2D eigenvalue weighted by Gasteiger charge is -2.37. The van der Waals surface area contributed by atoms with Crippen molar-refractivity contribution in [3.05, 3.63) is 29.3 Å². The van der Waals surface area contributed by atoms with Crippen molar-refractivity contribution in [2.75, 3.05) is 33.9 Å². The van der Waals surface area contributed by atoms with E-state index in [1.807, 2.05) is 6.07 Å². The quantitative estimate of drug-likeness (QED) is 0.921. The highest BCUT2D eigenvalue weighted by atomic mass is 16.5. The van der Waals surface area contributed by atoms with Gasteiger partial charge < -0.3 is 15.2 Å². The molecule has 2 N–H and O–H groups in total. The number of ether oxygens (including phenoxy) is 2. The second kappa shape index (κ2) is 6.34. The zero-order valence-electron chi connectivity index (χ0n) is 13.0. The van der Waals surface area contributed by atoms with Gasteiger partial charge in [-0.05, 0) is 55.0 Å². The van der Waals surface area contributed by atoms with E-state index in [1.165, 1.54) is 17.5 Å². The van der Waals surface area contributed by atoms with Crippen LogP contribution in [0.1, 0.15) is 30.0 Å². The highest BCUT2D eigenvalue weighted by molar-refractivity contribution is 5.40. The smallest absolute Gasteiger partial charge is 0.119 e. The first-order valence-corrected chi connectivity index (χ1v) is 7.88. The summed E-state index contributed by atoms with van der Waals surface area (Å²) in [6, 6.07) is 6.87. The number of methoxy groups -OCH3 is 2. The lowest BCUT2D eigenvalue weighted by molar-refractivity contribution is 0.138. The van der Waals surface area contributed by atoms with Crippen molar-refractivity contribution in [3.63, 3.8) is 0 Å². The number of aryl methyl sites for hydroxylation is 1. The van der Waals surface area contributed by atoms with Crippen molar-refractivity contribution in [3.8, 4) is 5.75 Å². The van der Waals surface area contributed by atoms with Gasteiger partial charge in [-0.15, -0.1) is 0 Å². The first kappa shape index (κ1) is 14.8. The number of rotatable bonds is 4. The van der Waals surface area contributed by atoms with Gasteiger partial charge in [0.1, 0.15) is 5.75 Å². The van der Waals surface area contributed by atoms with Crippen molar-refractivity contribution < 1.29 is 9.47 Å². The molecule has 2 aliphatic rings. The minimum atomic E-state index is 0.0881. The van der Waals surface area contributed by atoms with Crippen LogP contribution in [0.15, 0.2) is 18.2 Å². The number of hydrogen-bond acceptors (Lipinski definition) is 4. The van der Waals surface area contributed by atoms with E-state index >= 15 is 0 Å². The van der Waals surface area contributed by atoms with E-state index in [2.05, 4.69) is 17.0 Å². The molecular formula is C17H26N2O2. The van der Waals surface area contributed by atoms with E-state index in [-0.39, 0.29) is 6.04 Å². The van der Waals surface area contributed by atoms with Crippen LogP contribution in [0.3, 0.4) is 0 Å². The minimum absolute atomic E-state index is 0.0881. The maximum absolute atomic E-state index is 6.58. The summed E-state index contributed by atoms with van der Waals surface area (Å²) in [6.07, 6.45) is 3.49. The van der Waals surface area contributed by atoms with Crippen LogP contribution in [0.5, 0.6) is 5.75 Å². The summed E-state index contributed by atoms with van der Waals surface area (Å²) >= 11 is 0. The van der Waals surface area contributed by atoms with Gasteiger partial charge in [0.25, 0.3) is 0 Å². The Kier molecular flexibility index (Phi) is 4.48. The Labute approximate surface area is 127 Å². The van der Waals surface area contributed by atoms with Gasteiger partial charge in [-0.2, -0.15) is 0 Å². The van der Waals surface area contributed by atoms with Gasteiger partial charge >= 0.3 is 0 Å². The van der Waals surface area contributed by atoms with Crippen LogP contribution in [-0.2, 0) is 11.2 Å². The van der Waals surface area contributed by atoms with Gasteiger partial charge in [-0.3, -0.25) is 4.90 Å². The normalized spacial score (nSPS) is 29.4. The molecule has 116 valence electrons. The van der Waals surface area contributed by atoms with E-state index in [1.54, 1.807) is 14.2 Å². The number of benzene rings is 1. The predicted molar refractivity (Wildman–Crippen MR) is 83.6 cm³/mol. The van der Waals surface area contributed by atoms with Crippen LogP contribution in [0.25, 0.3) is 0 Å². The van der Waals surface area contributed by atoms with Gasteiger partial charge in [-0.1, -0.05) is 6.07 Å². The molecule has 1 aliphatic heterocycles. The van der Waals surface area contributed by atoms with Crippen LogP contribution in [0.4, 0.5) is 0 Å². The molecule has 1 saturated heterocycles. The molecule has 3 atom stereocenters. The second-order valence-corrected chi connectivity index (χ2v) is 6.30. The molecule has 3 rings (SSSR count). The summed E-state index contributed by atoms with van der Waals surface area (Å²) in [5, 5.41) is 0. The zero-order valence-corrected chi connectivity index (χ0v) is 13.0. The van der Waals surface area contributed by atoms with Crippen molar-refractivity contribution in [2.45, 2.75) is 31.3 Å². The Morgan fingerprint density at radius 2 is 2.14 bits per heavy atom. The first-order valence-electron chi connectivity index (χ1n) is 7.88. The van der Waals surface area contributed by atoms with Gasteiger partial charge in [0.15, 0.2) is 0 Å². The zero-order chi connectivity index (χ0) is 14.8. The summed E-state index contributed by atoms with van der Waals surface area (Å²) in [6.45, 7) is 3.13. The molecule has 0 amide bonds. The molecule has 1 heterocycles. The molecular weight excluding hydrogens is 264 g/mol. The number of fused-ring (bicyclic) bond motifs is 1. The van der Waals surface area contributed by atoms with Gasteiger partial charge in [-0.25, -0.2) is 0 Å². The fraction of sp³-hybridized carbons (Fsp3) is 0.647. The van der Waals surface area contributed by atoms with E-state index in [0.717, 1.165) is 38.3 Å². The highest BCUT2D eigenvalue weighted by Crippen LogP contribution is 2.35. The average Bonchev–Trinajstić information content (AvgIpc) is 2.96. The van der Waals surface area contributed by atoms with Gasteiger partial charge in [0, 0.05) is 25.7 Å². The monoisotopic (exact) mass is 290 g/mol. The van der Waals surface area contributed by atoms with E-state index in [0.29, 0.717) is 12.0 Å². The molecule has 0 aromatic heterocycles. The van der Waals surface area contributed by atoms with Crippen LogP contribution in [0.2, 0.25) is 0 Å². The molecule has 1 aromatic carbocycles. The Balaban J connectivity index is 1.74. The summed E-state index contributed by atoms with van der Waals surface area (Å²) in [4.78, 5) is 2.57. The number of likely N-dealkylation sites (tertiary alicyclic amines) is 1. The first-order chi connectivity index (χ1) is 10.2. The fourth-order valence-electron chi connectivity index (χ4n) is 3.87. The largest absolute Gasteiger partial charge is 0.497 e. The lowest BCUT2D eigenvalue weighted by Crippen LogP contribution is -2.44. The Hall–Kier alpha value is -1.10. The summed E-state index contributed by atoms with van der Waals surface area (Å²) in [5.41, 5.74) is 9.23. The van der Waals surface area contributed by atoms with E-state index in [9.17, 15) is 0 Å². The van der Waals surface area contributed by atoms with Crippen LogP contribution >= 0.6 is 0 Å². The molecule has 4 heteroatoms. The highest BCUT2D eigenvalue weighted by Gasteiger charge is 2.35. The Morgan fingerprint density at radius 1 is 1.29 bits per heavy atom.